The largest absolute Gasteiger partial charge is 0.352 e. The van der Waals surface area contributed by atoms with Crippen molar-refractivity contribution in [1.29, 1.82) is 0 Å². The van der Waals surface area contributed by atoms with Gasteiger partial charge in [0.05, 0.1) is 4.92 Å². The van der Waals surface area contributed by atoms with Crippen LogP contribution in [0.2, 0.25) is 5.02 Å². The molecule has 5 nitrogen and oxygen atoms in total. The van der Waals surface area contributed by atoms with Crippen LogP contribution in [0.4, 0.5) is 5.69 Å². The van der Waals surface area contributed by atoms with Crippen LogP contribution < -0.4 is 5.32 Å². The average molecular weight is 297 g/mol. The van der Waals surface area contributed by atoms with E-state index in [0.29, 0.717) is 23.9 Å². The second-order valence-electron chi connectivity index (χ2n) is 5.30. The molecule has 1 amide bonds. The molecule has 1 aromatic rings. The number of carbonyl (C=O) groups excluding carboxylic acids is 1. The molecule has 0 spiro atoms. The maximum absolute atomic E-state index is 12.0. The summed E-state index contributed by atoms with van der Waals surface area (Å²) in [6.45, 7) is 2.85. The van der Waals surface area contributed by atoms with Crippen LogP contribution in [-0.2, 0) is 0 Å². The zero-order valence-corrected chi connectivity index (χ0v) is 12.0. The molecular formula is C14H17ClN2O3. The minimum absolute atomic E-state index is 0.0168. The summed E-state index contributed by atoms with van der Waals surface area (Å²) in [6.07, 6.45) is 3.57. The second-order valence-corrected chi connectivity index (χ2v) is 5.71. The van der Waals surface area contributed by atoms with Crippen LogP contribution >= 0.6 is 11.6 Å². The molecule has 108 valence electrons. The monoisotopic (exact) mass is 296 g/mol. The first kappa shape index (κ1) is 14.8. The minimum Gasteiger partial charge on any atom is -0.352 e. The predicted molar refractivity (Wildman–Crippen MR) is 76.9 cm³/mol. The molecule has 2 atom stereocenters. The number of benzene rings is 1. The van der Waals surface area contributed by atoms with Crippen molar-refractivity contribution in [3.63, 3.8) is 0 Å². The molecule has 2 rings (SSSR count). The molecule has 1 saturated carbocycles. The first-order chi connectivity index (χ1) is 9.49. The summed E-state index contributed by atoms with van der Waals surface area (Å²) < 4.78 is 0. The Morgan fingerprint density at radius 3 is 2.80 bits per heavy atom. The van der Waals surface area contributed by atoms with Gasteiger partial charge in [-0.25, -0.2) is 0 Å². The molecule has 1 aromatic carbocycles. The minimum atomic E-state index is -0.565. The molecule has 1 fully saturated rings. The summed E-state index contributed by atoms with van der Waals surface area (Å²) >= 11 is 5.80. The van der Waals surface area contributed by atoms with Crippen molar-refractivity contribution in [1.82, 2.24) is 5.32 Å². The summed E-state index contributed by atoms with van der Waals surface area (Å²) in [7, 11) is 0. The van der Waals surface area contributed by atoms with Gasteiger partial charge in [0.15, 0.2) is 0 Å². The molecule has 1 N–H and O–H groups in total. The number of nitrogens with one attached hydrogen (secondary N) is 1. The van der Waals surface area contributed by atoms with Crippen LogP contribution in [0.1, 0.15) is 36.5 Å². The second kappa shape index (κ2) is 6.22. The Morgan fingerprint density at radius 1 is 1.50 bits per heavy atom. The topological polar surface area (TPSA) is 72.2 Å². The van der Waals surface area contributed by atoms with Crippen molar-refractivity contribution in [3.05, 3.63) is 38.9 Å². The Balaban J connectivity index is 1.99. The normalized spacial score (nSPS) is 21.7. The maximum Gasteiger partial charge on any atom is 0.287 e. The molecule has 20 heavy (non-hydrogen) atoms. The Labute approximate surface area is 122 Å². The number of carbonyl (C=O) groups is 1. The summed E-state index contributed by atoms with van der Waals surface area (Å²) in [5, 5.41) is 13.5. The Hall–Kier alpha value is -1.62. The number of hydrogen-bond donors (Lipinski definition) is 1. The van der Waals surface area contributed by atoms with Gasteiger partial charge < -0.3 is 5.32 Å². The third-order valence-electron chi connectivity index (χ3n) is 3.97. The van der Waals surface area contributed by atoms with Crippen molar-refractivity contribution >= 4 is 23.2 Å². The van der Waals surface area contributed by atoms with Gasteiger partial charge in [-0.2, -0.15) is 0 Å². The first-order valence-electron chi connectivity index (χ1n) is 6.71. The van der Waals surface area contributed by atoms with Gasteiger partial charge in [-0.1, -0.05) is 31.4 Å². The van der Waals surface area contributed by atoms with Gasteiger partial charge >= 0.3 is 0 Å². The Bertz CT molecular complexity index is 533. The van der Waals surface area contributed by atoms with Gasteiger partial charge in [-0.3, -0.25) is 14.9 Å². The van der Waals surface area contributed by atoms with E-state index in [2.05, 4.69) is 12.2 Å². The molecular weight excluding hydrogens is 280 g/mol. The zero-order valence-electron chi connectivity index (χ0n) is 11.3. The van der Waals surface area contributed by atoms with Crippen molar-refractivity contribution in [2.75, 3.05) is 6.54 Å². The van der Waals surface area contributed by atoms with Gasteiger partial charge in [0.2, 0.25) is 0 Å². The highest BCUT2D eigenvalue weighted by atomic mass is 35.5. The van der Waals surface area contributed by atoms with Crippen molar-refractivity contribution in [2.45, 2.75) is 26.2 Å². The average Bonchev–Trinajstić information content (AvgIpc) is 2.81. The van der Waals surface area contributed by atoms with Crippen molar-refractivity contribution in [2.24, 2.45) is 11.8 Å². The van der Waals surface area contributed by atoms with Crippen LogP contribution in [-0.4, -0.2) is 17.4 Å². The van der Waals surface area contributed by atoms with Gasteiger partial charge in [0, 0.05) is 18.2 Å². The van der Waals surface area contributed by atoms with Crippen LogP contribution in [0.3, 0.4) is 0 Å². The third-order valence-corrected chi connectivity index (χ3v) is 4.27. The number of hydrogen-bond acceptors (Lipinski definition) is 3. The maximum atomic E-state index is 12.0. The van der Waals surface area contributed by atoms with E-state index in [1.807, 2.05) is 0 Å². The number of nitro benzene ring substituents is 1. The van der Waals surface area contributed by atoms with Crippen LogP contribution in [0.25, 0.3) is 0 Å². The van der Waals surface area contributed by atoms with Crippen molar-refractivity contribution in [3.8, 4) is 0 Å². The molecule has 2 unspecified atom stereocenters. The molecule has 0 aliphatic heterocycles. The lowest BCUT2D eigenvalue weighted by atomic mass is 9.98. The third kappa shape index (κ3) is 3.28. The van der Waals surface area contributed by atoms with E-state index in [0.717, 1.165) is 6.42 Å². The van der Waals surface area contributed by atoms with E-state index in [1.165, 1.54) is 31.0 Å². The summed E-state index contributed by atoms with van der Waals surface area (Å²) in [4.78, 5) is 22.1. The highest BCUT2D eigenvalue weighted by Crippen LogP contribution is 2.30. The predicted octanol–water partition coefficient (Wildman–Crippen LogP) is 3.41. The SMILES string of the molecule is CC1CCCC1CNC(=O)c1ccc([N+](=O)[O-])c(Cl)c1. The molecule has 0 aromatic heterocycles. The number of rotatable bonds is 4. The van der Waals surface area contributed by atoms with Gasteiger partial charge in [0.1, 0.15) is 5.02 Å². The van der Waals surface area contributed by atoms with E-state index in [1.54, 1.807) is 0 Å². The van der Waals surface area contributed by atoms with Crippen LogP contribution in [0.5, 0.6) is 0 Å². The van der Waals surface area contributed by atoms with E-state index >= 15 is 0 Å². The summed E-state index contributed by atoms with van der Waals surface area (Å²) in [6, 6.07) is 4.03. The van der Waals surface area contributed by atoms with E-state index in [-0.39, 0.29) is 16.6 Å². The summed E-state index contributed by atoms with van der Waals surface area (Å²) in [5.74, 6) is 0.920. The van der Waals surface area contributed by atoms with Gasteiger partial charge in [0.25, 0.3) is 11.6 Å². The standard InChI is InChI=1S/C14H17ClN2O3/c1-9-3-2-4-11(9)8-16-14(18)10-5-6-13(17(19)20)12(15)7-10/h5-7,9,11H,2-4,8H2,1H3,(H,16,18). The lowest BCUT2D eigenvalue weighted by Crippen LogP contribution is -2.30. The number of nitro groups is 1. The molecule has 0 bridgehead atoms. The van der Waals surface area contributed by atoms with Gasteiger partial charge in [-0.05, 0) is 30.4 Å². The lowest BCUT2D eigenvalue weighted by Gasteiger charge is -2.15. The van der Waals surface area contributed by atoms with E-state index in [9.17, 15) is 14.9 Å². The van der Waals surface area contributed by atoms with Crippen LogP contribution in [0, 0.1) is 22.0 Å². The van der Waals surface area contributed by atoms with Crippen LogP contribution in [0.15, 0.2) is 18.2 Å². The number of nitrogens with zero attached hydrogens (tertiary/aromatic N) is 1. The number of halogens is 1. The summed E-state index contributed by atoms with van der Waals surface area (Å²) in [5.41, 5.74) is 0.166. The Morgan fingerprint density at radius 2 is 2.25 bits per heavy atom. The highest BCUT2D eigenvalue weighted by Gasteiger charge is 2.24. The molecule has 0 radical (unpaired) electrons. The molecule has 0 heterocycles. The lowest BCUT2D eigenvalue weighted by molar-refractivity contribution is -0.384. The zero-order chi connectivity index (χ0) is 14.7. The fourth-order valence-corrected chi connectivity index (χ4v) is 2.90. The van der Waals surface area contributed by atoms with Crippen molar-refractivity contribution < 1.29 is 9.72 Å². The number of amides is 1. The Kier molecular flexibility index (Phi) is 4.60. The van der Waals surface area contributed by atoms with E-state index < -0.39 is 4.92 Å². The highest BCUT2D eigenvalue weighted by molar-refractivity contribution is 6.33. The van der Waals surface area contributed by atoms with E-state index in [4.69, 9.17) is 11.6 Å². The molecule has 1 aliphatic rings. The molecule has 1 aliphatic carbocycles. The van der Waals surface area contributed by atoms with Gasteiger partial charge in [-0.15, -0.1) is 0 Å². The molecule has 0 saturated heterocycles. The fraction of sp³-hybridized carbons (Fsp3) is 0.500. The first-order valence-corrected chi connectivity index (χ1v) is 7.09. The quantitative estimate of drug-likeness (QED) is 0.683. The smallest absolute Gasteiger partial charge is 0.287 e. The molecule has 6 heteroatoms. The fourth-order valence-electron chi connectivity index (χ4n) is 2.65.